The Morgan fingerprint density at radius 2 is 2.03 bits per heavy atom. The first-order chi connectivity index (χ1) is 15.7. The fourth-order valence-electron chi connectivity index (χ4n) is 3.17. The van der Waals surface area contributed by atoms with Crippen molar-refractivity contribution in [3.8, 4) is 11.5 Å². The van der Waals surface area contributed by atoms with E-state index in [0.29, 0.717) is 48.5 Å². The minimum atomic E-state index is -3.79. The summed E-state index contributed by atoms with van der Waals surface area (Å²) in [6, 6.07) is 9.03. The molecule has 0 saturated carbocycles. The molecule has 2 aromatic carbocycles. The van der Waals surface area contributed by atoms with Gasteiger partial charge in [0.1, 0.15) is 5.84 Å². The van der Waals surface area contributed by atoms with Crippen LogP contribution in [0.15, 0.2) is 46.3 Å². The Labute approximate surface area is 199 Å². The second-order valence-electron chi connectivity index (χ2n) is 8.04. The van der Waals surface area contributed by atoms with Crippen LogP contribution in [0.3, 0.4) is 0 Å². The van der Waals surface area contributed by atoms with Crippen molar-refractivity contribution < 1.29 is 22.7 Å². The van der Waals surface area contributed by atoms with Crippen LogP contribution in [0.5, 0.6) is 11.5 Å². The summed E-state index contributed by atoms with van der Waals surface area (Å²) in [4.78, 5) is 17.0. The van der Waals surface area contributed by atoms with E-state index in [9.17, 15) is 13.2 Å². The minimum absolute atomic E-state index is 0.0272. The predicted octanol–water partition coefficient (Wildman–Crippen LogP) is 4.50. The van der Waals surface area contributed by atoms with Crippen molar-refractivity contribution >= 4 is 39.1 Å². The number of halogens is 1. The van der Waals surface area contributed by atoms with Gasteiger partial charge in [-0.25, -0.2) is 8.42 Å². The van der Waals surface area contributed by atoms with Crippen LogP contribution in [-0.2, 0) is 10.0 Å². The van der Waals surface area contributed by atoms with Gasteiger partial charge in [-0.15, -0.1) is 0 Å². The molecular weight excluding hydrogens is 466 g/mol. The molecule has 0 fully saturated rings. The number of nitrogens with one attached hydrogen (secondary N) is 2. The highest BCUT2D eigenvalue weighted by Gasteiger charge is 2.20. The van der Waals surface area contributed by atoms with Gasteiger partial charge in [-0.3, -0.25) is 14.5 Å². The molecule has 0 spiro atoms. The molecule has 1 heterocycles. The fraction of sp³-hybridized carbons (Fsp3) is 0.391. The summed E-state index contributed by atoms with van der Waals surface area (Å²) in [7, 11) is -2.32. The number of ether oxygens (including phenoxy) is 2. The van der Waals surface area contributed by atoms with Gasteiger partial charge in [-0.05, 0) is 49.1 Å². The molecule has 1 amide bonds. The average molecular weight is 494 g/mol. The third kappa shape index (κ3) is 6.61. The summed E-state index contributed by atoms with van der Waals surface area (Å²) in [6.45, 7) is 5.27. The molecule has 8 nitrogen and oxygen atoms in total. The van der Waals surface area contributed by atoms with Gasteiger partial charge in [0.05, 0.1) is 23.6 Å². The molecule has 0 unspecified atom stereocenters. The van der Waals surface area contributed by atoms with E-state index in [1.165, 1.54) is 31.4 Å². The van der Waals surface area contributed by atoms with Crippen LogP contribution in [0.4, 0.5) is 5.69 Å². The van der Waals surface area contributed by atoms with E-state index in [4.69, 9.17) is 21.1 Å². The fourth-order valence-corrected chi connectivity index (χ4v) is 4.57. The highest BCUT2D eigenvalue weighted by molar-refractivity contribution is 7.90. The van der Waals surface area contributed by atoms with Crippen LogP contribution in [0, 0.1) is 5.92 Å². The van der Waals surface area contributed by atoms with Gasteiger partial charge in [-0.1, -0.05) is 31.5 Å². The molecule has 0 aromatic heterocycles. The van der Waals surface area contributed by atoms with Crippen molar-refractivity contribution in [2.75, 3.05) is 25.6 Å². The Morgan fingerprint density at radius 1 is 1.24 bits per heavy atom. The average Bonchev–Trinajstić information content (AvgIpc) is 3.26. The summed E-state index contributed by atoms with van der Waals surface area (Å²) in [5.41, 5.74) is 0.573. The summed E-state index contributed by atoms with van der Waals surface area (Å²) in [5.74, 6) is 1.17. The maximum atomic E-state index is 12.8. The largest absolute Gasteiger partial charge is 0.493 e. The van der Waals surface area contributed by atoms with E-state index < -0.39 is 15.9 Å². The molecule has 1 aliphatic rings. The van der Waals surface area contributed by atoms with Gasteiger partial charge in [0.15, 0.2) is 11.5 Å². The number of hydrogen-bond donors (Lipinski definition) is 2. The van der Waals surface area contributed by atoms with Crippen LogP contribution in [0.25, 0.3) is 0 Å². The first-order valence-electron chi connectivity index (χ1n) is 10.7. The molecule has 2 N–H and O–H groups in total. The van der Waals surface area contributed by atoms with Gasteiger partial charge in [-0.2, -0.15) is 0 Å². The van der Waals surface area contributed by atoms with Crippen LogP contribution in [0.1, 0.15) is 43.5 Å². The number of anilines is 1. The Bertz CT molecular complexity index is 1150. The lowest BCUT2D eigenvalue weighted by atomic mass is 10.1. The van der Waals surface area contributed by atoms with E-state index in [-0.39, 0.29) is 15.5 Å². The quantitative estimate of drug-likeness (QED) is 0.535. The van der Waals surface area contributed by atoms with Gasteiger partial charge < -0.3 is 14.8 Å². The molecular formula is C23H28ClN3O5S. The first-order valence-corrected chi connectivity index (χ1v) is 12.5. The van der Waals surface area contributed by atoms with Crippen molar-refractivity contribution in [3.05, 3.63) is 47.0 Å². The molecule has 0 aliphatic carbocycles. The Hall–Kier alpha value is -2.78. The van der Waals surface area contributed by atoms with E-state index in [0.717, 1.165) is 12.8 Å². The third-order valence-corrected chi connectivity index (χ3v) is 6.62. The zero-order chi connectivity index (χ0) is 24.0. The lowest BCUT2D eigenvalue weighted by Crippen LogP contribution is -2.29. The zero-order valence-corrected chi connectivity index (χ0v) is 20.4. The number of sulfonamides is 1. The predicted molar refractivity (Wildman–Crippen MR) is 129 cm³/mol. The van der Waals surface area contributed by atoms with Gasteiger partial charge in [0, 0.05) is 24.2 Å². The molecule has 0 saturated heterocycles. The third-order valence-electron chi connectivity index (χ3n) is 4.96. The van der Waals surface area contributed by atoms with Crippen molar-refractivity contribution in [3.63, 3.8) is 0 Å². The monoisotopic (exact) mass is 493 g/mol. The summed E-state index contributed by atoms with van der Waals surface area (Å²) >= 11 is 6.36. The second kappa shape index (κ2) is 10.9. The van der Waals surface area contributed by atoms with Crippen molar-refractivity contribution in [1.29, 1.82) is 0 Å². The van der Waals surface area contributed by atoms with Crippen LogP contribution >= 0.6 is 11.6 Å². The van der Waals surface area contributed by atoms with E-state index in [1.54, 1.807) is 12.1 Å². The zero-order valence-electron chi connectivity index (χ0n) is 18.9. The highest BCUT2D eigenvalue weighted by Crippen LogP contribution is 2.37. The lowest BCUT2D eigenvalue weighted by molar-refractivity contribution is 0.102. The topological polar surface area (TPSA) is 106 Å². The second-order valence-corrected chi connectivity index (χ2v) is 10.1. The number of benzene rings is 2. The molecule has 0 bridgehead atoms. The minimum Gasteiger partial charge on any atom is -0.493 e. The number of hydrogen-bond acceptors (Lipinski definition) is 6. The molecule has 0 radical (unpaired) electrons. The molecule has 3 rings (SSSR count). The van der Waals surface area contributed by atoms with Gasteiger partial charge >= 0.3 is 0 Å². The van der Waals surface area contributed by atoms with E-state index in [2.05, 4.69) is 28.9 Å². The number of carbonyl (C=O) groups excluding carboxylic acids is 1. The summed E-state index contributed by atoms with van der Waals surface area (Å²) < 4.78 is 38.9. The summed E-state index contributed by atoms with van der Waals surface area (Å²) in [6.07, 6.45) is 2.26. The smallest absolute Gasteiger partial charge is 0.262 e. The number of amidine groups is 1. The maximum absolute atomic E-state index is 12.8. The Balaban J connectivity index is 1.76. The van der Waals surface area contributed by atoms with E-state index >= 15 is 0 Å². The Morgan fingerprint density at radius 3 is 2.70 bits per heavy atom. The number of methoxy groups -OCH3 is 1. The first kappa shape index (κ1) is 24.9. The number of rotatable bonds is 9. The van der Waals surface area contributed by atoms with Crippen molar-refractivity contribution in [1.82, 2.24) is 4.72 Å². The number of aliphatic imine (C=N–C) groups is 1. The molecule has 0 atom stereocenters. The molecule has 178 valence electrons. The van der Waals surface area contributed by atoms with Crippen LogP contribution in [0.2, 0.25) is 5.02 Å². The SMILES string of the molecule is COc1cc(C(=O)Nc2cccc(S(=O)(=O)NC3=NCCC3)c2)cc(Cl)c1OCCC(C)C. The standard InChI is InChI=1S/C23H28ClN3O5S/c1-15(2)9-11-32-22-19(24)12-16(13-20(22)31-3)23(28)26-17-6-4-7-18(14-17)33(29,30)27-21-8-5-10-25-21/h4,6-7,12-15H,5,8-11H2,1-3H3,(H,25,27)(H,26,28). The summed E-state index contributed by atoms with van der Waals surface area (Å²) in [5, 5.41) is 2.96. The Kier molecular flexibility index (Phi) is 8.20. The van der Waals surface area contributed by atoms with Crippen molar-refractivity contribution in [2.45, 2.75) is 38.0 Å². The maximum Gasteiger partial charge on any atom is 0.262 e. The van der Waals surface area contributed by atoms with Gasteiger partial charge in [0.25, 0.3) is 15.9 Å². The van der Waals surface area contributed by atoms with E-state index in [1.807, 2.05) is 0 Å². The molecule has 2 aromatic rings. The lowest BCUT2D eigenvalue weighted by Gasteiger charge is -2.15. The number of nitrogens with zero attached hydrogens (tertiary/aromatic N) is 1. The van der Waals surface area contributed by atoms with Crippen molar-refractivity contribution in [2.24, 2.45) is 10.9 Å². The van der Waals surface area contributed by atoms with Crippen LogP contribution < -0.4 is 19.5 Å². The normalized spacial score (nSPS) is 13.5. The molecule has 1 aliphatic heterocycles. The molecule has 33 heavy (non-hydrogen) atoms. The number of carbonyl (C=O) groups is 1. The highest BCUT2D eigenvalue weighted by atomic mass is 35.5. The molecule has 10 heteroatoms. The number of amides is 1. The van der Waals surface area contributed by atoms with Crippen LogP contribution in [-0.4, -0.2) is 40.4 Å². The van der Waals surface area contributed by atoms with Gasteiger partial charge in [0.2, 0.25) is 0 Å².